The summed E-state index contributed by atoms with van der Waals surface area (Å²) in [6, 6.07) is 3.52. The molecule has 2 heterocycles. The molecule has 2 unspecified atom stereocenters. The molecule has 1 N–H and O–H groups in total. The Hall–Kier alpha value is -1.73. The van der Waals surface area contributed by atoms with Crippen LogP contribution in [-0.2, 0) is 9.53 Å². The van der Waals surface area contributed by atoms with Gasteiger partial charge in [-0.05, 0) is 25.1 Å². The molecule has 1 amide bonds. The lowest BCUT2D eigenvalue weighted by atomic mass is 10.2. The van der Waals surface area contributed by atoms with Gasteiger partial charge < -0.3 is 15.0 Å². The van der Waals surface area contributed by atoms with E-state index >= 15 is 0 Å². The number of morpholine rings is 1. The first-order chi connectivity index (χ1) is 11.6. The summed E-state index contributed by atoms with van der Waals surface area (Å²) in [4.78, 5) is 16.4. The Kier molecular flexibility index (Phi) is 5.30. The van der Waals surface area contributed by atoms with E-state index in [4.69, 9.17) is 4.74 Å². The second kappa shape index (κ2) is 7.44. The molecule has 0 spiro atoms. The lowest BCUT2D eigenvalue weighted by Crippen LogP contribution is -2.52. The topological polar surface area (TPSA) is 44.8 Å². The van der Waals surface area contributed by atoms with Crippen molar-refractivity contribution in [1.29, 1.82) is 0 Å². The third-order valence-corrected chi connectivity index (χ3v) is 4.68. The molecule has 1 aromatic carbocycles. The Morgan fingerprint density at radius 1 is 1.33 bits per heavy atom. The molecule has 2 saturated heterocycles. The number of rotatable bonds is 4. The van der Waals surface area contributed by atoms with Gasteiger partial charge in [0.15, 0.2) is 0 Å². The number of hydrogen-bond donors (Lipinski definition) is 1. The third kappa shape index (κ3) is 3.84. The van der Waals surface area contributed by atoms with Gasteiger partial charge in [0.2, 0.25) is 0 Å². The van der Waals surface area contributed by atoms with E-state index in [1.54, 1.807) is 0 Å². The Bertz CT molecular complexity index is 599. The van der Waals surface area contributed by atoms with Crippen LogP contribution in [-0.4, -0.2) is 62.3 Å². The summed E-state index contributed by atoms with van der Waals surface area (Å²) in [7, 11) is 0. The van der Waals surface area contributed by atoms with Gasteiger partial charge in [-0.25, -0.2) is 8.78 Å². The van der Waals surface area contributed by atoms with Crippen LogP contribution in [0.3, 0.4) is 0 Å². The standard InChI is InChI=1S/C17H23F2N3O2/c1-2-21-7-8-24-16(11-21)17(23)20-13-5-6-22(10-13)15-4-3-12(18)9-14(15)19/h3-4,9,13,16H,2,5-8,10-11H2,1H3,(H,20,23). The number of likely N-dealkylation sites (N-methyl/N-ethyl adjacent to an activating group) is 1. The number of amides is 1. The summed E-state index contributed by atoms with van der Waals surface area (Å²) >= 11 is 0. The molecule has 132 valence electrons. The summed E-state index contributed by atoms with van der Waals surface area (Å²) in [5.41, 5.74) is 0.374. The first-order valence-electron chi connectivity index (χ1n) is 8.41. The van der Waals surface area contributed by atoms with Gasteiger partial charge >= 0.3 is 0 Å². The van der Waals surface area contributed by atoms with Gasteiger partial charge in [-0.1, -0.05) is 6.92 Å². The van der Waals surface area contributed by atoms with Crippen LogP contribution in [0.2, 0.25) is 0 Å². The van der Waals surface area contributed by atoms with Gasteiger partial charge in [0.25, 0.3) is 5.91 Å². The van der Waals surface area contributed by atoms with Crippen molar-refractivity contribution >= 4 is 11.6 Å². The lowest BCUT2D eigenvalue weighted by Gasteiger charge is -2.31. The predicted molar refractivity (Wildman–Crippen MR) is 87.0 cm³/mol. The van der Waals surface area contributed by atoms with Crippen molar-refractivity contribution in [3.05, 3.63) is 29.8 Å². The van der Waals surface area contributed by atoms with E-state index in [9.17, 15) is 13.6 Å². The minimum absolute atomic E-state index is 0.0532. The molecule has 3 rings (SSSR count). The van der Waals surface area contributed by atoms with Gasteiger partial charge in [0, 0.05) is 38.3 Å². The SMILES string of the molecule is CCN1CCOC(C(=O)NC2CCN(c3ccc(F)cc3F)C2)C1. The fourth-order valence-corrected chi connectivity index (χ4v) is 3.28. The van der Waals surface area contributed by atoms with Crippen molar-refractivity contribution in [3.63, 3.8) is 0 Å². The summed E-state index contributed by atoms with van der Waals surface area (Å²) < 4.78 is 32.4. The number of hydrogen-bond acceptors (Lipinski definition) is 4. The van der Waals surface area contributed by atoms with E-state index in [0.29, 0.717) is 31.9 Å². The maximum absolute atomic E-state index is 13.9. The largest absolute Gasteiger partial charge is 0.367 e. The van der Waals surface area contributed by atoms with E-state index < -0.39 is 17.7 Å². The molecule has 0 bridgehead atoms. The normalized spacial score (nSPS) is 25.0. The van der Waals surface area contributed by atoms with Gasteiger partial charge in [0.1, 0.15) is 17.7 Å². The Morgan fingerprint density at radius 3 is 2.92 bits per heavy atom. The third-order valence-electron chi connectivity index (χ3n) is 4.68. The lowest BCUT2D eigenvalue weighted by molar-refractivity contribution is -0.139. The summed E-state index contributed by atoms with van der Waals surface area (Å²) in [6.07, 6.45) is 0.280. The number of benzene rings is 1. The minimum Gasteiger partial charge on any atom is -0.367 e. The van der Waals surface area contributed by atoms with Crippen LogP contribution in [0, 0.1) is 11.6 Å². The highest BCUT2D eigenvalue weighted by atomic mass is 19.1. The highest BCUT2D eigenvalue weighted by Crippen LogP contribution is 2.24. The van der Waals surface area contributed by atoms with E-state index in [-0.39, 0.29) is 11.9 Å². The van der Waals surface area contributed by atoms with Crippen LogP contribution in [0.25, 0.3) is 0 Å². The van der Waals surface area contributed by atoms with Gasteiger partial charge in [-0.3, -0.25) is 9.69 Å². The van der Waals surface area contributed by atoms with Crippen LogP contribution in [0.1, 0.15) is 13.3 Å². The van der Waals surface area contributed by atoms with Gasteiger partial charge in [-0.15, -0.1) is 0 Å². The molecular formula is C17H23F2N3O2. The van der Waals surface area contributed by atoms with E-state index in [1.807, 2.05) is 4.90 Å². The zero-order valence-corrected chi connectivity index (χ0v) is 13.8. The molecule has 0 radical (unpaired) electrons. The minimum atomic E-state index is -0.588. The first-order valence-corrected chi connectivity index (χ1v) is 8.41. The van der Waals surface area contributed by atoms with E-state index in [1.165, 1.54) is 12.1 Å². The summed E-state index contributed by atoms with van der Waals surface area (Å²) in [6.45, 7) is 6.11. The van der Waals surface area contributed by atoms with Crippen LogP contribution in [0.15, 0.2) is 18.2 Å². The maximum atomic E-state index is 13.9. The highest BCUT2D eigenvalue weighted by Gasteiger charge is 2.30. The number of anilines is 1. The zero-order chi connectivity index (χ0) is 17.1. The molecule has 5 nitrogen and oxygen atoms in total. The fraction of sp³-hybridized carbons (Fsp3) is 0.588. The molecule has 7 heteroatoms. The van der Waals surface area contributed by atoms with Gasteiger partial charge in [0.05, 0.1) is 12.3 Å². The fourth-order valence-electron chi connectivity index (χ4n) is 3.28. The van der Waals surface area contributed by atoms with Crippen molar-refractivity contribution < 1.29 is 18.3 Å². The van der Waals surface area contributed by atoms with Crippen LogP contribution in [0.4, 0.5) is 14.5 Å². The molecule has 0 aliphatic carbocycles. The molecule has 2 atom stereocenters. The number of carbonyl (C=O) groups is 1. The predicted octanol–water partition coefficient (Wildman–Crippen LogP) is 1.38. The molecule has 2 aliphatic heterocycles. The quantitative estimate of drug-likeness (QED) is 0.900. The van der Waals surface area contributed by atoms with Crippen molar-refractivity contribution in [1.82, 2.24) is 10.2 Å². The van der Waals surface area contributed by atoms with Crippen LogP contribution >= 0.6 is 0 Å². The Morgan fingerprint density at radius 2 is 2.17 bits per heavy atom. The van der Waals surface area contributed by atoms with Crippen molar-refractivity contribution in [2.24, 2.45) is 0 Å². The molecule has 2 aliphatic rings. The summed E-state index contributed by atoms with van der Waals surface area (Å²) in [5.74, 6) is -1.27. The highest BCUT2D eigenvalue weighted by molar-refractivity contribution is 5.81. The monoisotopic (exact) mass is 339 g/mol. The van der Waals surface area contributed by atoms with Crippen LogP contribution in [0.5, 0.6) is 0 Å². The van der Waals surface area contributed by atoms with Crippen molar-refractivity contribution in [2.45, 2.75) is 25.5 Å². The number of carbonyl (C=O) groups excluding carboxylic acids is 1. The number of nitrogens with zero attached hydrogens (tertiary/aromatic N) is 2. The Balaban J connectivity index is 1.55. The van der Waals surface area contributed by atoms with Crippen molar-refractivity contribution in [3.8, 4) is 0 Å². The molecular weight excluding hydrogens is 316 g/mol. The molecule has 1 aromatic rings. The Labute approximate surface area is 140 Å². The maximum Gasteiger partial charge on any atom is 0.250 e. The number of halogens is 2. The average Bonchev–Trinajstić information content (AvgIpc) is 3.03. The first kappa shape index (κ1) is 17.1. The van der Waals surface area contributed by atoms with Crippen molar-refractivity contribution in [2.75, 3.05) is 44.2 Å². The number of nitrogens with one attached hydrogen (secondary N) is 1. The second-order valence-electron chi connectivity index (χ2n) is 6.29. The van der Waals surface area contributed by atoms with Crippen LogP contribution < -0.4 is 10.2 Å². The van der Waals surface area contributed by atoms with E-state index in [0.717, 1.165) is 25.6 Å². The molecule has 24 heavy (non-hydrogen) atoms. The smallest absolute Gasteiger partial charge is 0.250 e. The zero-order valence-electron chi connectivity index (χ0n) is 13.8. The summed E-state index contributed by atoms with van der Waals surface area (Å²) in [5, 5.41) is 3.00. The van der Waals surface area contributed by atoms with Gasteiger partial charge in [-0.2, -0.15) is 0 Å². The molecule has 0 saturated carbocycles. The number of ether oxygens (including phenoxy) is 1. The molecule has 0 aromatic heterocycles. The average molecular weight is 339 g/mol. The molecule has 2 fully saturated rings. The second-order valence-corrected chi connectivity index (χ2v) is 6.29. The van der Waals surface area contributed by atoms with E-state index in [2.05, 4.69) is 17.1 Å².